The zero-order valence-corrected chi connectivity index (χ0v) is 17.6. The number of amides is 1. The van der Waals surface area contributed by atoms with Crippen LogP contribution in [-0.4, -0.2) is 44.4 Å². The van der Waals surface area contributed by atoms with Gasteiger partial charge in [-0.3, -0.25) is 4.79 Å². The number of methoxy groups -OCH3 is 3. The lowest BCUT2D eigenvalue weighted by Gasteiger charge is -2.26. The van der Waals surface area contributed by atoms with Gasteiger partial charge in [0.15, 0.2) is 11.5 Å². The van der Waals surface area contributed by atoms with Crippen molar-refractivity contribution < 1.29 is 19.0 Å². The van der Waals surface area contributed by atoms with E-state index in [1.165, 1.54) is 11.3 Å². The number of carbonyl (C=O) groups excluding carboxylic acids is 1. The summed E-state index contributed by atoms with van der Waals surface area (Å²) < 4.78 is 17.6. The van der Waals surface area contributed by atoms with Gasteiger partial charge in [0.05, 0.1) is 26.2 Å². The third kappa shape index (κ3) is 3.29. The van der Waals surface area contributed by atoms with Crippen LogP contribution >= 0.6 is 23.1 Å². The Kier molecular flexibility index (Phi) is 5.37. The van der Waals surface area contributed by atoms with Crippen LogP contribution in [0.4, 0.5) is 0 Å². The maximum absolute atomic E-state index is 13.3. The number of ether oxygens (including phenoxy) is 3. The van der Waals surface area contributed by atoms with E-state index in [0.717, 1.165) is 26.3 Å². The van der Waals surface area contributed by atoms with Crippen LogP contribution in [0.5, 0.6) is 17.2 Å². The molecular weight excluding hydrogens is 394 g/mol. The van der Waals surface area contributed by atoms with Crippen LogP contribution in [0.15, 0.2) is 42.5 Å². The predicted molar refractivity (Wildman–Crippen MR) is 114 cm³/mol. The van der Waals surface area contributed by atoms with Crippen LogP contribution in [0.3, 0.4) is 0 Å². The van der Waals surface area contributed by atoms with E-state index in [1.54, 1.807) is 33.1 Å². The normalized spacial score (nSPS) is 16.4. The molecule has 1 atom stereocenters. The number of rotatable bonds is 5. The van der Waals surface area contributed by atoms with Crippen molar-refractivity contribution in [3.63, 3.8) is 0 Å². The molecule has 4 rings (SSSR count). The zero-order valence-electron chi connectivity index (χ0n) is 15.9. The summed E-state index contributed by atoms with van der Waals surface area (Å²) in [5.41, 5.74) is 0.914. The highest BCUT2D eigenvalue weighted by molar-refractivity contribution is 7.99. The van der Waals surface area contributed by atoms with Crippen molar-refractivity contribution in [1.82, 2.24) is 4.90 Å². The Labute approximate surface area is 172 Å². The first-order valence-electron chi connectivity index (χ1n) is 8.87. The van der Waals surface area contributed by atoms with Crippen molar-refractivity contribution in [2.75, 3.05) is 33.6 Å². The molecule has 5 nitrogen and oxygen atoms in total. The molecule has 1 aromatic heterocycles. The molecule has 0 aliphatic carbocycles. The minimum absolute atomic E-state index is 0.0491. The number of hydrogen-bond acceptors (Lipinski definition) is 6. The fourth-order valence-corrected chi connectivity index (χ4v) is 5.70. The molecule has 1 aliphatic heterocycles. The first-order valence-corrected chi connectivity index (χ1v) is 10.7. The van der Waals surface area contributed by atoms with Gasteiger partial charge in [-0.05, 0) is 23.6 Å². The fourth-order valence-electron chi connectivity index (χ4n) is 3.41. The van der Waals surface area contributed by atoms with Crippen molar-refractivity contribution in [2.45, 2.75) is 5.37 Å². The number of thioether (sulfide) groups is 1. The van der Waals surface area contributed by atoms with Gasteiger partial charge in [-0.25, -0.2) is 0 Å². The molecule has 3 aromatic rings. The minimum Gasteiger partial charge on any atom is -0.496 e. The van der Waals surface area contributed by atoms with Gasteiger partial charge in [0.1, 0.15) is 11.1 Å². The summed E-state index contributed by atoms with van der Waals surface area (Å²) >= 11 is 3.27. The molecule has 0 saturated carbocycles. The van der Waals surface area contributed by atoms with Crippen molar-refractivity contribution >= 4 is 39.1 Å². The first-order chi connectivity index (χ1) is 13.7. The third-order valence-electron chi connectivity index (χ3n) is 4.79. The summed E-state index contributed by atoms with van der Waals surface area (Å²) in [6, 6.07) is 13.8. The van der Waals surface area contributed by atoms with E-state index < -0.39 is 0 Å². The molecule has 0 radical (unpaired) electrons. The Balaban J connectivity index is 1.71. The number of carbonyl (C=O) groups is 1. The number of nitrogens with zero attached hydrogens (tertiary/aromatic N) is 1. The van der Waals surface area contributed by atoms with Gasteiger partial charge in [0, 0.05) is 28.6 Å². The van der Waals surface area contributed by atoms with Crippen LogP contribution in [0, 0.1) is 0 Å². The number of thiophene rings is 1. The average Bonchev–Trinajstić information content (AvgIpc) is 3.39. The lowest BCUT2D eigenvalue weighted by molar-refractivity contribution is 0.0764. The Morgan fingerprint density at radius 3 is 2.43 bits per heavy atom. The van der Waals surface area contributed by atoms with Crippen molar-refractivity contribution in [3.05, 3.63) is 52.9 Å². The SMILES string of the molecule is COc1cc(OC)c(C2SCCN2C(=O)c2cc3ccccc3s2)cc1OC. The van der Waals surface area contributed by atoms with Gasteiger partial charge < -0.3 is 19.1 Å². The molecule has 1 aliphatic rings. The van der Waals surface area contributed by atoms with E-state index >= 15 is 0 Å². The van der Waals surface area contributed by atoms with E-state index in [0.29, 0.717) is 23.8 Å². The molecule has 2 aromatic carbocycles. The summed E-state index contributed by atoms with van der Waals surface area (Å²) in [6.07, 6.45) is 0. The highest BCUT2D eigenvalue weighted by Crippen LogP contribution is 2.46. The predicted octanol–water partition coefficient (Wildman–Crippen LogP) is 4.81. The van der Waals surface area contributed by atoms with Gasteiger partial charge in [-0.2, -0.15) is 0 Å². The largest absolute Gasteiger partial charge is 0.496 e. The monoisotopic (exact) mass is 415 g/mol. The van der Waals surface area contributed by atoms with Crippen LogP contribution in [0.2, 0.25) is 0 Å². The number of benzene rings is 2. The maximum Gasteiger partial charge on any atom is 0.265 e. The van der Waals surface area contributed by atoms with Crippen LogP contribution < -0.4 is 14.2 Å². The van der Waals surface area contributed by atoms with Crippen LogP contribution in [-0.2, 0) is 0 Å². The van der Waals surface area contributed by atoms with Gasteiger partial charge in [-0.15, -0.1) is 23.1 Å². The molecule has 1 unspecified atom stereocenters. The quantitative estimate of drug-likeness (QED) is 0.598. The van der Waals surface area contributed by atoms with E-state index in [4.69, 9.17) is 14.2 Å². The summed E-state index contributed by atoms with van der Waals surface area (Å²) in [4.78, 5) is 16.0. The van der Waals surface area contributed by atoms with E-state index in [9.17, 15) is 4.79 Å². The molecule has 28 heavy (non-hydrogen) atoms. The van der Waals surface area contributed by atoms with Crippen molar-refractivity contribution in [1.29, 1.82) is 0 Å². The second-order valence-corrected chi connectivity index (χ2v) is 8.59. The first kappa shape index (κ1) is 19.0. The highest BCUT2D eigenvalue weighted by atomic mass is 32.2. The zero-order chi connectivity index (χ0) is 19.7. The molecule has 7 heteroatoms. The molecule has 0 spiro atoms. The second kappa shape index (κ2) is 7.93. The number of hydrogen-bond donors (Lipinski definition) is 0. The van der Waals surface area contributed by atoms with Crippen LogP contribution in [0.1, 0.15) is 20.6 Å². The second-order valence-electron chi connectivity index (χ2n) is 6.32. The Hall–Kier alpha value is -2.38. The lowest BCUT2D eigenvalue weighted by atomic mass is 10.1. The molecule has 0 bridgehead atoms. The third-order valence-corrected chi connectivity index (χ3v) is 7.14. The fraction of sp³-hybridized carbons (Fsp3) is 0.286. The van der Waals surface area contributed by atoms with Gasteiger partial charge in [-0.1, -0.05) is 18.2 Å². The molecule has 0 N–H and O–H groups in total. The van der Waals surface area contributed by atoms with E-state index in [-0.39, 0.29) is 11.3 Å². The molecule has 2 heterocycles. The topological polar surface area (TPSA) is 48.0 Å². The minimum atomic E-state index is -0.132. The summed E-state index contributed by atoms with van der Waals surface area (Å²) in [5, 5.41) is 0.968. The van der Waals surface area contributed by atoms with E-state index in [1.807, 2.05) is 47.4 Å². The summed E-state index contributed by atoms with van der Waals surface area (Å²) in [5.74, 6) is 2.84. The Morgan fingerprint density at radius 1 is 1.00 bits per heavy atom. The van der Waals surface area contributed by atoms with Crippen molar-refractivity contribution in [2.24, 2.45) is 0 Å². The average molecular weight is 416 g/mol. The molecule has 1 amide bonds. The molecular formula is C21H21NO4S2. The number of fused-ring (bicyclic) bond motifs is 1. The lowest BCUT2D eigenvalue weighted by Crippen LogP contribution is -2.30. The standard InChI is InChI=1S/C21H21NO4S2/c1-24-15-12-17(26-3)16(25-2)11-14(15)21-22(8-9-27-21)20(23)19-10-13-6-4-5-7-18(13)28-19/h4-7,10-12,21H,8-9H2,1-3H3. The van der Waals surface area contributed by atoms with E-state index in [2.05, 4.69) is 0 Å². The van der Waals surface area contributed by atoms with Gasteiger partial charge in [0.2, 0.25) is 0 Å². The Morgan fingerprint density at radius 2 is 1.71 bits per heavy atom. The highest BCUT2D eigenvalue weighted by Gasteiger charge is 2.34. The summed E-state index contributed by atoms with van der Waals surface area (Å²) in [6.45, 7) is 0.694. The molecule has 146 valence electrons. The smallest absolute Gasteiger partial charge is 0.265 e. The Bertz CT molecular complexity index is 984. The van der Waals surface area contributed by atoms with Gasteiger partial charge >= 0.3 is 0 Å². The summed E-state index contributed by atoms with van der Waals surface area (Å²) in [7, 11) is 4.83. The van der Waals surface area contributed by atoms with Gasteiger partial charge in [0.25, 0.3) is 5.91 Å². The molecule has 1 saturated heterocycles. The van der Waals surface area contributed by atoms with Crippen LogP contribution in [0.25, 0.3) is 10.1 Å². The molecule has 1 fully saturated rings. The van der Waals surface area contributed by atoms with Crippen molar-refractivity contribution in [3.8, 4) is 17.2 Å². The maximum atomic E-state index is 13.3.